The number of nitrogens with one attached hydrogen (secondary N) is 1. The van der Waals surface area contributed by atoms with Gasteiger partial charge in [0.1, 0.15) is 17.1 Å². The number of fused-ring (bicyclic) bond motifs is 3. The van der Waals surface area contributed by atoms with Crippen molar-refractivity contribution in [3.8, 4) is 5.75 Å². The molecule has 4 rings (SSSR count). The van der Waals surface area contributed by atoms with Crippen molar-refractivity contribution >= 4 is 22.4 Å². The van der Waals surface area contributed by atoms with Crippen molar-refractivity contribution in [3.05, 3.63) is 70.5 Å². The van der Waals surface area contributed by atoms with E-state index >= 15 is 0 Å². The summed E-state index contributed by atoms with van der Waals surface area (Å²) in [6, 6.07) is 12.5. The number of hydrogen-bond acceptors (Lipinski definition) is 3. The van der Waals surface area contributed by atoms with Crippen molar-refractivity contribution in [1.82, 2.24) is 5.32 Å². The molecule has 1 aliphatic carbocycles. The van der Waals surface area contributed by atoms with E-state index in [1.807, 2.05) is 32.0 Å². The van der Waals surface area contributed by atoms with Gasteiger partial charge in [0.2, 0.25) is 5.91 Å². The fourth-order valence-corrected chi connectivity index (χ4v) is 4.57. The number of furan rings is 1. The molecule has 0 fully saturated rings. The first-order valence-electron chi connectivity index (χ1n) is 11.2. The van der Waals surface area contributed by atoms with Gasteiger partial charge >= 0.3 is 0 Å². The third-order valence-corrected chi connectivity index (χ3v) is 6.19. The number of rotatable bonds is 7. The highest BCUT2D eigenvalue weighted by Crippen LogP contribution is 2.40. The van der Waals surface area contributed by atoms with Crippen LogP contribution in [0.4, 0.5) is 0 Å². The SMILES string of the molecule is COc1c(/C(C)=C/C(=O)NCCCc2ccccc2)cc2c3c(oc2c1C)CCCC3. The summed E-state index contributed by atoms with van der Waals surface area (Å²) in [6.45, 7) is 4.66. The van der Waals surface area contributed by atoms with E-state index in [1.54, 1.807) is 13.2 Å². The molecular formula is C27H31NO3. The lowest BCUT2D eigenvalue weighted by molar-refractivity contribution is -0.116. The van der Waals surface area contributed by atoms with Gasteiger partial charge in [-0.25, -0.2) is 0 Å². The summed E-state index contributed by atoms with van der Waals surface area (Å²) in [6.07, 6.45) is 7.98. The standard InChI is InChI=1S/C27H31NO3/c1-18(16-25(29)28-15-9-12-20-10-5-4-6-11-20)22-17-23-21-13-7-8-14-24(21)31-27(23)19(2)26(22)30-3/h4-6,10-11,16-17H,7-9,12-15H2,1-3H3,(H,28,29)/b18-16+. The molecule has 0 atom stereocenters. The van der Waals surface area contributed by atoms with Crippen LogP contribution in [0.3, 0.4) is 0 Å². The lowest BCUT2D eigenvalue weighted by atomic mass is 9.93. The highest BCUT2D eigenvalue weighted by Gasteiger charge is 2.23. The van der Waals surface area contributed by atoms with Crippen molar-refractivity contribution in [2.45, 2.75) is 52.4 Å². The van der Waals surface area contributed by atoms with Gasteiger partial charge in [-0.1, -0.05) is 30.3 Å². The zero-order valence-corrected chi connectivity index (χ0v) is 18.7. The van der Waals surface area contributed by atoms with Gasteiger partial charge in [0.15, 0.2) is 0 Å². The number of benzene rings is 2. The molecule has 0 saturated heterocycles. The second kappa shape index (κ2) is 9.42. The van der Waals surface area contributed by atoms with Gasteiger partial charge in [0.25, 0.3) is 0 Å². The number of amides is 1. The molecule has 0 radical (unpaired) electrons. The van der Waals surface area contributed by atoms with Crippen LogP contribution in [0.25, 0.3) is 16.5 Å². The fourth-order valence-electron chi connectivity index (χ4n) is 4.57. The first-order valence-corrected chi connectivity index (χ1v) is 11.2. The Hall–Kier alpha value is -3.01. The molecule has 0 saturated carbocycles. The van der Waals surface area contributed by atoms with E-state index in [2.05, 4.69) is 23.5 Å². The molecule has 4 nitrogen and oxygen atoms in total. The van der Waals surface area contributed by atoms with Crippen LogP contribution in [0.5, 0.6) is 5.75 Å². The highest BCUT2D eigenvalue weighted by molar-refractivity contribution is 5.98. The largest absolute Gasteiger partial charge is 0.496 e. The maximum Gasteiger partial charge on any atom is 0.244 e. The molecule has 1 heterocycles. The molecule has 1 amide bonds. The van der Waals surface area contributed by atoms with Crippen molar-refractivity contribution in [3.63, 3.8) is 0 Å². The number of ether oxygens (including phenoxy) is 1. The summed E-state index contributed by atoms with van der Waals surface area (Å²) < 4.78 is 11.9. The van der Waals surface area contributed by atoms with Crippen LogP contribution in [0.2, 0.25) is 0 Å². The Morgan fingerprint density at radius 3 is 2.74 bits per heavy atom. The van der Waals surface area contributed by atoms with Crippen molar-refractivity contribution in [2.24, 2.45) is 0 Å². The monoisotopic (exact) mass is 417 g/mol. The van der Waals surface area contributed by atoms with Gasteiger partial charge in [-0.2, -0.15) is 0 Å². The van der Waals surface area contributed by atoms with Crippen LogP contribution in [0.1, 0.15) is 54.2 Å². The number of methoxy groups -OCH3 is 1. The molecule has 31 heavy (non-hydrogen) atoms. The van der Waals surface area contributed by atoms with Gasteiger partial charge in [0.05, 0.1) is 7.11 Å². The molecule has 3 aromatic rings. The summed E-state index contributed by atoms with van der Waals surface area (Å²) in [5.41, 5.74) is 6.40. The Balaban J connectivity index is 1.51. The molecule has 0 spiro atoms. The van der Waals surface area contributed by atoms with Gasteiger partial charge < -0.3 is 14.5 Å². The summed E-state index contributed by atoms with van der Waals surface area (Å²) in [5, 5.41) is 4.18. The third kappa shape index (κ3) is 4.53. The van der Waals surface area contributed by atoms with Gasteiger partial charge in [-0.15, -0.1) is 0 Å². The summed E-state index contributed by atoms with van der Waals surface area (Å²) in [7, 11) is 1.68. The predicted octanol–water partition coefficient (Wildman–Crippen LogP) is 5.78. The molecule has 4 heteroatoms. The molecule has 0 unspecified atom stereocenters. The Morgan fingerprint density at radius 2 is 1.97 bits per heavy atom. The average molecular weight is 418 g/mol. The van der Waals surface area contributed by atoms with E-state index in [-0.39, 0.29) is 5.91 Å². The molecular weight excluding hydrogens is 386 g/mol. The Morgan fingerprint density at radius 1 is 1.19 bits per heavy atom. The maximum atomic E-state index is 12.5. The highest BCUT2D eigenvalue weighted by atomic mass is 16.5. The molecule has 1 aromatic heterocycles. The first-order chi connectivity index (χ1) is 15.1. The number of allylic oxidation sites excluding steroid dienone is 1. The maximum absolute atomic E-state index is 12.5. The predicted molar refractivity (Wildman–Crippen MR) is 126 cm³/mol. The van der Waals surface area contributed by atoms with E-state index in [0.29, 0.717) is 6.54 Å². The van der Waals surface area contributed by atoms with Gasteiger partial charge in [-0.05, 0) is 63.2 Å². The molecule has 1 N–H and O–H groups in total. The number of hydrogen-bond donors (Lipinski definition) is 1. The van der Waals surface area contributed by atoms with Crippen LogP contribution in [0, 0.1) is 6.92 Å². The topological polar surface area (TPSA) is 51.5 Å². The lowest BCUT2D eigenvalue weighted by Crippen LogP contribution is -2.22. The zero-order valence-electron chi connectivity index (χ0n) is 18.7. The number of carbonyl (C=O) groups excluding carboxylic acids is 1. The summed E-state index contributed by atoms with van der Waals surface area (Å²) >= 11 is 0. The van der Waals surface area contributed by atoms with E-state index in [0.717, 1.165) is 59.5 Å². The minimum atomic E-state index is -0.0698. The smallest absolute Gasteiger partial charge is 0.244 e. The second-order valence-electron chi connectivity index (χ2n) is 8.38. The van der Waals surface area contributed by atoms with Gasteiger partial charge in [0, 0.05) is 41.1 Å². The lowest BCUT2D eigenvalue weighted by Gasteiger charge is -2.13. The van der Waals surface area contributed by atoms with Crippen LogP contribution in [-0.2, 0) is 24.1 Å². The normalized spacial score (nSPS) is 13.8. The molecule has 0 bridgehead atoms. The van der Waals surface area contributed by atoms with E-state index in [9.17, 15) is 4.79 Å². The second-order valence-corrected chi connectivity index (χ2v) is 8.38. The molecule has 162 valence electrons. The summed E-state index contributed by atoms with van der Waals surface area (Å²) in [5.74, 6) is 1.82. The van der Waals surface area contributed by atoms with Gasteiger partial charge in [-0.3, -0.25) is 4.79 Å². The van der Waals surface area contributed by atoms with E-state index in [1.165, 1.54) is 29.4 Å². The summed E-state index contributed by atoms with van der Waals surface area (Å²) in [4.78, 5) is 12.5. The minimum absolute atomic E-state index is 0.0698. The third-order valence-electron chi connectivity index (χ3n) is 6.19. The average Bonchev–Trinajstić information content (AvgIpc) is 3.16. The van der Waals surface area contributed by atoms with Crippen molar-refractivity contribution < 1.29 is 13.9 Å². The first kappa shape index (κ1) is 21.2. The van der Waals surface area contributed by atoms with Crippen molar-refractivity contribution in [2.75, 3.05) is 13.7 Å². The number of carbonyl (C=O) groups is 1. The molecule has 2 aromatic carbocycles. The Labute approximate surface area is 184 Å². The van der Waals surface area contributed by atoms with Crippen molar-refractivity contribution in [1.29, 1.82) is 0 Å². The van der Waals surface area contributed by atoms with Crippen LogP contribution >= 0.6 is 0 Å². The fraction of sp³-hybridized carbons (Fsp3) is 0.370. The minimum Gasteiger partial charge on any atom is -0.496 e. The van der Waals surface area contributed by atoms with Crippen LogP contribution < -0.4 is 10.1 Å². The molecule has 0 aliphatic heterocycles. The van der Waals surface area contributed by atoms with Crippen LogP contribution in [-0.4, -0.2) is 19.6 Å². The Kier molecular flexibility index (Phi) is 6.45. The van der Waals surface area contributed by atoms with Crippen LogP contribution in [0.15, 0.2) is 46.9 Å². The zero-order chi connectivity index (χ0) is 21.8. The Bertz CT molecular complexity index is 1110. The number of aryl methyl sites for hydroxylation is 4. The van der Waals surface area contributed by atoms with E-state index < -0.39 is 0 Å². The quantitative estimate of drug-likeness (QED) is 0.391. The van der Waals surface area contributed by atoms with E-state index in [4.69, 9.17) is 9.15 Å². The molecule has 1 aliphatic rings.